The van der Waals surface area contributed by atoms with E-state index in [9.17, 15) is 5.11 Å². The van der Waals surface area contributed by atoms with Crippen molar-refractivity contribution in [2.24, 2.45) is 0 Å². The van der Waals surface area contributed by atoms with E-state index < -0.39 is 5.60 Å². The van der Waals surface area contributed by atoms with Crippen molar-refractivity contribution in [2.45, 2.75) is 26.0 Å². The van der Waals surface area contributed by atoms with Crippen LogP contribution >= 0.6 is 0 Å². The monoisotopic (exact) mass is 239 g/mol. The molecule has 0 spiro atoms. The Morgan fingerprint density at radius 3 is 2.53 bits per heavy atom. The quantitative estimate of drug-likeness (QED) is 0.791. The molecule has 0 heterocycles. The highest BCUT2D eigenvalue weighted by molar-refractivity contribution is 5.43. The standard InChI is InChI=1S/C13H21NO3/c1-13(2,15)9-17-12-7-10(8-14-3)5-6-11(12)16-4/h5-7,14-15H,8-9H2,1-4H3. The number of nitrogens with one attached hydrogen (secondary N) is 1. The number of benzene rings is 1. The maximum Gasteiger partial charge on any atom is 0.161 e. The Balaban J connectivity index is 2.82. The van der Waals surface area contributed by atoms with E-state index in [1.54, 1.807) is 21.0 Å². The summed E-state index contributed by atoms with van der Waals surface area (Å²) < 4.78 is 10.8. The average molecular weight is 239 g/mol. The molecule has 0 bridgehead atoms. The molecule has 0 unspecified atom stereocenters. The minimum atomic E-state index is -0.857. The number of hydrogen-bond acceptors (Lipinski definition) is 4. The molecule has 4 nitrogen and oxygen atoms in total. The van der Waals surface area contributed by atoms with Crippen molar-refractivity contribution < 1.29 is 14.6 Å². The third-order valence-electron chi connectivity index (χ3n) is 2.19. The van der Waals surface area contributed by atoms with Crippen molar-refractivity contribution in [3.8, 4) is 11.5 Å². The molecule has 0 aromatic heterocycles. The second-order valence-corrected chi connectivity index (χ2v) is 4.62. The summed E-state index contributed by atoms with van der Waals surface area (Å²) >= 11 is 0. The normalized spacial score (nSPS) is 11.4. The minimum absolute atomic E-state index is 0.229. The Morgan fingerprint density at radius 1 is 1.29 bits per heavy atom. The van der Waals surface area contributed by atoms with E-state index in [2.05, 4.69) is 5.32 Å². The van der Waals surface area contributed by atoms with Crippen LogP contribution < -0.4 is 14.8 Å². The SMILES string of the molecule is CNCc1ccc(OC)c(OCC(C)(C)O)c1. The van der Waals surface area contributed by atoms with Crippen molar-refractivity contribution in [3.05, 3.63) is 23.8 Å². The van der Waals surface area contributed by atoms with E-state index in [-0.39, 0.29) is 6.61 Å². The molecule has 0 amide bonds. The first-order chi connectivity index (χ1) is 7.96. The molecule has 1 rings (SSSR count). The molecule has 0 fully saturated rings. The summed E-state index contributed by atoms with van der Waals surface area (Å²) in [5.41, 5.74) is 0.253. The fraction of sp³-hybridized carbons (Fsp3) is 0.538. The summed E-state index contributed by atoms with van der Waals surface area (Å²) in [5.74, 6) is 1.33. The molecule has 2 N–H and O–H groups in total. The van der Waals surface area contributed by atoms with E-state index in [1.165, 1.54) is 0 Å². The van der Waals surface area contributed by atoms with Crippen molar-refractivity contribution in [1.82, 2.24) is 5.32 Å². The number of hydrogen-bond donors (Lipinski definition) is 2. The van der Waals surface area contributed by atoms with Crippen LogP contribution in [0.4, 0.5) is 0 Å². The molecule has 0 aliphatic heterocycles. The van der Waals surface area contributed by atoms with E-state index >= 15 is 0 Å². The molecule has 0 aliphatic rings. The highest BCUT2D eigenvalue weighted by Crippen LogP contribution is 2.28. The van der Waals surface area contributed by atoms with E-state index in [4.69, 9.17) is 9.47 Å². The van der Waals surface area contributed by atoms with Gasteiger partial charge in [-0.3, -0.25) is 0 Å². The first-order valence-corrected chi connectivity index (χ1v) is 5.63. The molecule has 0 saturated carbocycles. The smallest absolute Gasteiger partial charge is 0.161 e. The van der Waals surface area contributed by atoms with Crippen molar-refractivity contribution in [2.75, 3.05) is 20.8 Å². The lowest BCUT2D eigenvalue weighted by Crippen LogP contribution is -2.28. The third kappa shape index (κ3) is 4.63. The van der Waals surface area contributed by atoms with Gasteiger partial charge in [-0.05, 0) is 38.6 Å². The summed E-state index contributed by atoms with van der Waals surface area (Å²) in [6.07, 6.45) is 0. The number of aliphatic hydroxyl groups is 1. The summed E-state index contributed by atoms with van der Waals surface area (Å²) in [6.45, 7) is 4.41. The number of ether oxygens (including phenoxy) is 2. The lowest BCUT2D eigenvalue weighted by Gasteiger charge is -2.19. The van der Waals surface area contributed by atoms with Gasteiger partial charge in [-0.25, -0.2) is 0 Å². The van der Waals surface area contributed by atoms with Crippen LogP contribution in [0.25, 0.3) is 0 Å². The van der Waals surface area contributed by atoms with Crippen molar-refractivity contribution >= 4 is 0 Å². The Kier molecular flexibility index (Phi) is 4.78. The highest BCUT2D eigenvalue weighted by Gasteiger charge is 2.15. The van der Waals surface area contributed by atoms with Crippen molar-refractivity contribution in [3.63, 3.8) is 0 Å². The molecular formula is C13H21NO3. The first kappa shape index (κ1) is 13.8. The molecule has 96 valence electrons. The van der Waals surface area contributed by atoms with Gasteiger partial charge in [0.1, 0.15) is 6.61 Å². The zero-order valence-electron chi connectivity index (χ0n) is 10.9. The second-order valence-electron chi connectivity index (χ2n) is 4.62. The zero-order valence-corrected chi connectivity index (χ0v) is 10.9. The van der Waals surface area contributed by atoms with E-state index in [0.717, 1.165) is 12.1 Å². The molecule has 0 radical (unpaired) electrons. The maximum atomic E-state index is 9.64. The van der Waals surface area contributed by atoms with Gasteiger partial charge in [-0.1, -0.05) is 6.07 Å². The fourth-order valence-corrected chi connectivity index (χ4v) is 1.40. The Morgan fingerprint density at radius 2 is 2.00 bits per heavy atom. The van der Waals surface area contributed by atoms with Gasteiger partial charge in [0.05, 0.1) is 12.7 Å². The number of methoxy groups -OCH3 is 1. The highest BCUT2D eigenvalue weighted by atomic mass is 16.5. The molecule has 0 atom stereocenters. The van der Waals surface area contributed by atoms with E-state index in [1.807, 2.05) is 25.2 Å². The summed E-state index contributed by atoms with van der Waals surface area (Å²) in [7, 11) is 3.49. The zero-order chi connectivity index (χ0) is 12.9. The lowest BCUT2D eigenvalue weighted by molar-refractivity contribution is 0.0276. The Labute approximate surface area is 103 Å². The molecule has 0 saturated heterocycles. The average Bonchev–Trinajstić information content (AvgIpc) is 2.26. The van der Waals surface area contributed by atoms with Crippen LogP contribution in [0.5, 0.6) is 11.5 Å². The van der Waals surface area contributed by atoms with Crippen molar-refractivity contribution in [1.29, 1.82) is 0 Å². The van der Waals surface area contributed by atoms with Crippen LogP contribution in [-0.4, -0.2) is 31.5 Å². The fourth-order valence-electron chi connectivity index (χ4n) is 1.40. The van der Waals surface area contributed by atoms with Crippen LogP contribution in [0.2, 0.25) is 0 Å². The summed E-state index contributed by atoms with van der Waals surface area (Å²) in [4.78, 5) is 0. The predicted octanol–water partition coefficient (Wildman–Crippen LogP) is 1.56. The Hall–Kier alpha value is -1.26. The van der Waals surface area contributed by atoms with E-state index in [0.29, 0.717) is 11.5 Å². The minimum Gasteiger partial charge on any atom is -0.493 e. The van der Waals surface area contributed by atoms with Gasteiger partial charge in [0.15, 0.2) is 11.5 Å². The molecule has 4 heteroatoms. The predicted molar refractivity (Wildman–Crippen MR) is 67.6 cm³/mol. The van der Waals surface area contributed by atoms with Crippen LogP contribution in [0.1, 0.15) is 19.4 Å². The van der Waals surface area contributed by atoms with Gasteiger partial charge >= 0.3 is 0 Å². The van der Waals surface area contributed by atoms with Crippen LogP contribution in [0.15, 0.2) is 18.2 Å². The van der Waals surface area contributed by atoms with Gasteiger partial charge in [-0.15, -0.1) is 0 Å². The molecule has 1 aromatic rings. The van der Waals surface area contributed by atoms with Crippen LogP contribution in [-0.2, 0) is 6.54 Å². The third-order valence-corrected chi connectivity index (χ3v) is 2.19. The summed E-state index contributed by atoms with van der Waals surface area (Å²) in [5, 5.41) is 12.7. The van der Waals surface area contributed by atoms with Gasteiger partial charge < -0.3 is 19.9 Å². The van der Waals surface area contributed by atoms with Gasteiger partial charge in [0, 0.05) is 6.54 Å². The maximum absolute atomic E-state index is 9.64. The molecule has 0 aliphatic carbocycles. The topological polar surface area (TPSA) is 50.7 Å². The number of rotatable bonds is 6. The first-order valence-electron chi connectivity index (χ1n) is 5.63. The molecular weight excluding hydrogens is 218 g/mol. The summed E-state index contributed by atoms with van der Waals surface area (Å²) in [6, 6.07) is 5.76. The molecule has 1 aromatic carbocycles. The van der Waals surface area contributed by atoms with Gasteiger partial charge in [0.25, 0.3) is 0 Å². The largest absolute Gasteiger partial charge is 0.493 e. The van der Waals surface area contributed by atoms with Crippen LogP contribution in [0.3, 0.4) is 0 Å². The van der Waals surface area contributed by atoms with Gasteiger partial charge in [-0.2, -0.15) is 0 Å². The van der Waals surface area contributed by atoms with Crippen LogP contribution in [0, 0.1) is 0 Å². The molecule has 17 heavy (non-hydrogen) atoms. The second kappa shape index (κ2) is 5.89. The lowest BCUT2D eigenvalue weighted by atomic mass is 10.1. The van der Waals surface area contributed by atoms with Gasteiger partial charge in [0.2, 0.25) is 0 Å². The Bertz CT molecular complexity index is 358.